The van der Waals surface area contributed by atoms with Crippen LogP contribution in [0.3, 0.4) is 0 Å². The fourth-order valence-corrected chi connectivity index (χ4v) is 2.09. The van der Waals surface area contributed by atoms with E-state index in [1.54, 1.807) is 24.3 Å². The second-order valence-corrected chi connectivity index (χ2v) is 4.50. The first-order chi connectivity index (χ1) is 9.39. The van der Waals surface area contributed by atoms with Gasteiger partial charge in [-0.05, 0) is 29.3 Å². The summed E-state index contributed by atoms with van der Waals surface area (Å²) >= 11 is 6.11. The number of hydrogen-bond donors (Lipinski definition) is 1. The molecule has 2 aromatic carbocycles. The van der Waals surface area contributed by atoms with Gasteiger partial charge in [-0.3, -0.25) is 0 Å². The molecule has 6 heteroatoms. The third-order valence-electron chi connectivity index (χ3n) is 2.65. The van der Waals surface area contributed by atoms with Gasteiger partial charge in [0.15, 0.2) is 0 Å². The first-order valence-electron chi connectivity index (χ1n) is 5.74. The molecule has 0 saturated heterocycles. The van der Waals surface area contributed by atoms with Crippen LogP contribution < -0.4 is 10.5 Å². The van der Waals surface area contributed by atoms with E-state index in [4.69, 9.17) is 17.3 Å². The van der Waals surface area contributed by atoms with Crippen LogP contribution in [-0.4, -0.2) is 6.36 Å². The quantitative estimate of drug-likeness (QED) is 0.914. The second kappa shape index (κ2) is 5.73. The van der Waals surface area contributed by atoms with Gasteiger partial charge in [0.05, 0.1) is 0 Å². The molecule has 2 aromatic rings. The Morgan fingerprint density at radius 3 is 2.45 bits per heavy atom. The summed E-state index contributed by atoms with van der Waals surface area (Å²) in [5.41, 5.74) is 7.51. The number of alkyl halides is 3. The lowest BCUT2D eigenvalue weighted by molar-refractivity contribution is -0.274. The zero-order chi connectivity index (χ0) is 14.8. The van der Waals surface area contributed by atoms with Crippen molar-refractivity contribution in [3.05, 3.63) is 53.1 Å². The summed E-state index contributed by atoms with van der Waals surface area (Å²) in [6, 6.07) is 10.8. The Kier molecular flexibility index (Phi) is 4.20. The summed E-state index contributed by atoms with van der Waals surface area (Å²) in [6.45, 7) is 0.344. The predicted molar refractivity (Wildman–Crippen MR) is 71.5 cm³/mol. The zero-order valence-corrected chi connectivity index (χ0v) is 11.0. The third-order valence-corrected chi connectivity index (χ3v) is 2.96. The molecule has 0 saturated carbocycles. The van der Waals surface area contributed by atoms with Crippen molar-refractivity contribution in [2.75, 3.05) is 0 Å². The lowest BCUT2D eigenvalue weighted by atomic mass is 10.0. The number of hydrogen-bond acceptors (Lipinski definition) is 2. The van der Waals surface area contributed by atoms with E-state index in [1.807, 2.05) is 0 Å². The van der Waals surface area contributed by atoms with E-state index in [-0.39, 0.29) is 5.75 Å². The lowest BCUT2D eigenvalue weighted by Crippen LogP contribution is -2.17. The number of ether oxygens (including phenoxy) is 1. The molecule has 2 N–H and O–H groups in total. The largest absolute Gasteiger partial charge is 0.573 e. The highest BCUT2D eigenvalue weighted by atomic mass is 35.5. The smallest absolute Gasteiger partial charge is 0.406 e. The van der Waals surface area contributed by atoms with E-state index in [9.17, 15) is 13.2 Å². The highest BCUT2D eigenvalue weighted by molar-refractivity contribution is 6.33. The molecule has 0 aromatic heterocycles. The van der Waals surface area contributed by atoms with Crippen molar-refractivity contribution in [2.45, 2.75) is 12.9 Å². The Hall–Kier alpha value is -1.72. The van der Waals surface area contributed by atoms with E-state index in [2.05, 4.69) is 4.74 Å². The molecule has 0 radical (unpaired) electrons. The molecule has 2 rings (SSSR count). The van der Waals surface area contributed by atoms with Crippen molar-refractivity contribution < 1.29 is 17.9 Å². The Morgan fingerprint density at radius 2 is 1.85 bits per heavy atom. The Labute approximate surface area is 118 Å². The fourth-order valence-electron chi connectivity index (χ4n) is 1.78. The van der Waals surface area contributed by atoms with Crippen LogP contribution >= 0.6 is 11.6 Å². The maximum Gasteiger partial charge on any atom is 0.573 e. The molecule has 20 heavy (non-hydrogen) atoms. The molecule has 0 aliphatic heterocycles. The van der Waals surface area contributed by atoms with Crippen LogP contribution in [0.2, 0.25) is 5.02 Å². The van der Waals surface area contributed by atoms with Gasteiger partial charge in [0.2, 0.25) is 0 Å². The van der Waals surface area contributed by atoms with Crippen LogP contribution in [0.1, 0.15) is 5.56 Å². The molecule has 0 spiro atoms. The first-order valence-corrected chi connectivity index (χ1v) is 6.11. The number of nitrogens with two attached hydrogens (primary N) is 1. The molecular formula is C14H11ClF3NO. The molecule has 0 bridgehead atoms. The summed E-state index contributed by atoms with van der Waals surface area (Å²) in [4.78, 5) is 0. The number of benzene rings is 2. The highest BCUT2D eigenvalue weighted by Crippen LogP contribution is 2.32. The van der Waals surface area contributed by atoms with Crippen LogP contribution in [0.4, 0.5) is 13.2 Å². The van der Waals surface area contributed by atoms with Crippen molar-refractivity contribution in [3.8, 4) is 16.9 Å². The molecule has 0 heterocycles. The van der Waals surface area contributed by atoms with Gasteiger partial charge in [0.25, 0.3) is 0 Å². The van der Waals surface area contributed by atoms with E-state index in [0.29, 0.717) is 22.7 Å². The molecule has 0 atom stereocenters. The minimum atomic E-state index is -4.72. The van der Waals surface area contributed by atoms with Gasteiger partial charge in [0, 0.05) is 17.1 Å². The SMILES string of the molecule is NCc1ccc(-c2cccc(OC(F)(F)F)c2)c(Cl)c1. The maximum absolute atomic E-state index is 12.2. The van der Waals surface area contributed by atoms with E-state index in [0.717, 1.165) is 5.56 Å². The molecule has 0 aliphatic carbocycles. The van der Waals surface area contributed by atoms with Crippen LogP contribution in [0, 0.1) is 0 Å². The first kappa shape index (κ1) is 14.7. The van der Waals surface area contributed by atoms with Gasteiger partial charge in [-0.1, -0.05) is 35.9 Å². The monoisotopic (exact) mass is 301 g/mol. The number of rotatable bonds is 3. The van der Waals surface area contributed by atoms with Crippen LogP contribution in [0.5, 0.6) is 5.75 Å². The third kappa shape index (κ3) is 3.65. The predicted octanol–water partition coefficient (Wildman–Crippen LogP) is 4.36. The van der Waals surface area contributed by atoms with Crippen molar-refractivity contribution in [3.63, 3.8) is 0 Å². The Morgan fingerprint density at radius 1 is 1.10 bits per heavy atom. The zero-order valence-electron chi connectivity index (χ0n) is 10.2. The van der Waals surface area contributed by atoms with Gasteiger partial charge in [0.1, 0.15) is 5.75 Å². The standard InChI is InChI=1S/C14H11ClF3NO/c15-13-6-9(8-19)4-5-12(13)10-2-1-3-11(7-10)20-14(16,17)18/h1-7H,8,19H2. The van der Waals surface area contributed by atoms with Crippen molar-refractivity contribution in [2.24, 2.45) is 5.73 Å². The van der Waals surface area contributed by atoms with Crippen molar-refractivity contribution in [1.29, 1.82) is 0 Å². The molecule has 0 unspecified atom stereocenters. The minimum Gasteiger partial charge on any atom is -0.406 e. The van der Waals surface area contributed by atoms with Crippen LogP contribution in [0.15, 0.2) is 42.5 Å². The summed E-state index contributed by atoms with van der Waals surface area (Å²) in [5, 5.41) is 0.428. The van der Waals surface area contributed by atoms with Gasteiger partial charge in [-0.15, -0.1) is 13.2 Å². The van der Waals surface area contributed by atoms with Gasteiger partial charge in [-0.25, -0.2) is 0 Å². The van der Waals surface area contributed by atoms with Gasteiger partial charge >= 0.3 is 6.36 Å². The fraction of sp³-hybridized carbons (Fsp3) is 0.143. The van der Waals surface area contributed by atoms with Crippen LogP contribution in [-0.2, 0) is 6.54 Å². The lowest BCUT2D eigenvalue weighted by Gasteiger charge is -2.11. The molecule has 0 aliphatic rings. The van der Waals surface area contributed by atoms with Gasteiger partial charge < -0.3 is 10.5 Å². The molecule has 2 nitrogen and oxygen atoms in total. The average molecular weight is 302 g/mol. The molecule has 0 fully saturated rings. The summed E-state index contributed by atoms with van der Waals surface area (Å²) in [5.74, 6) is -0.283. The Bertz CT molecular complexity index is 614. The van der Waals surface area contributed by atoms with E-state index >= 15 is 0 Å². The summed E-state index contributed by atoms with van der Waals surface area (Å²) in [7, 11) is 0. The van der Waals surface area contributed by atoms with E-state index in [1.165, 1.54) is 18.2 Å². The summed E-state index contributed by atoms with van der Waals surface area (Å²) in [6.07, 6.45) is -4.72. The average Bonchev–Trinajstić information content (AvgIpc) is 2.36. The number of halogens is 4. The van der Waals surface area contributed by atoms with E-state index < -0.39 is 6.36 Å². The topological polar surface area (TPSA) is 35.2 Å². The molecular weight excluding hydrogens is 291 g/mol. The second-order valence-electron chi connectivity index (χ2n) is 4.09. The highest BCUT2D eigenvalue weighted by Gasteiger charge is 2.31. The summed E-state index contributed by atoms with van der Waals surface area (Å²) < 4.78 is 40.5. The molecule has 0 amide bonds. The maximum atomic E-state index is 12.2. The molecule has 106 valence electrons. The van der Waals surface area contributed by atoms with Crippen molar-refractivity contribution >= 4 is 11.6 Å². The van der Waals surface area contributed by atoms with Crippen molar-refractivity contribution in [1.82, 2.24) is 0 Å². The Balaban J connectivity index is 2.36. The normalized spacial score (nSPS) is 11.4. The van der Waals surface area contributed by atoms with Gasteiger partial charge in [-0.2, -0.15) is 0 Å². The van der Waals surface area contributed by atoms with Crippen LogP contribution in [0.25, 0.3) is 11.1 Å². The minimum absolute atomic E-state index is 0.283.